The van der Waals surface area contributed by atoms with Crippen LogP contribution in [0, 0.1) is 0 Å². The highest BCUT2D eigenvalue weighted by atomic mass is 16.5. The number of carbonyl (C=O) groups is 5. The number of benzene rings is 1. The number of amides is 4. The van der Waals surface area contributed by atoms with Crippen LogP contribution in [0.4, 0.5) is 0 Å². The maximum Gasteiger partial charge on any atom is 0.329 e. The zero-order chi connectivity index (χ0) is 23.2. The Balaban J connectivity index is 2.64. The summed E-state index contributed by atoms with van der Waals surface area (Å²) < 4.78 is 12.1. The topological polar surface area (TPSA) is 189 Å². The number of ether oxygens (including phenoxy) is 1. The predicted octanol–water partition coefficient (Wildman–Crippen LogP) is -2.92. The number of nitrogens with two attached hydrogens (primary N) is 1. The lowest BCUT2D eigenvalue weighted by Gasteiger charge is -2.19. The number of carboxylic acids is 1. The van der Waals surface area contributed by atoms with Crippen molar-refractivity contribution < 1.29 is 35.2 Å². The molecule has 0 saturated heterocycles. The third-order valence-electron chi connectivity index (χ3n) is 3.53. The molecule has 0 aliphatic heterocycles. The number of aliphatic carboxylic acids is 1. The molecular weight excluding hydrogens is 398 g/mol. The van der Waals surface area contributed by atoms with Crippen molar-refractivity contribution in [3.05, 3.63) is 35.9 Å². The van der Waals surface area contributed by atoms with Crippen LogP contribution in [0.15, 0.2) is 30.3 Å². The molecule has 1 atom stereocenters. The van der Waals surface area contributed by atoms with Crippen LogP contribution in [-0.2, 0) is 35.1 Å². The molecule has 0 radical (unpaired) electrons. The Bertz CT molecular complexity index is 778. The minimum absolute atomic E-state index is 0.102. The van der Waals surface area contributed by atoms with Gasteiger partial charge in [0.2, 0.25) is 23.6 Å². The zero-order valence-electron chi connectivity index (χ0n) is 17.1. The number of carbonyl (C=O) groups excluding carboxylic acids is 4. The molecule has 1 rings (SSSR count). The van der Waals surface area contributed by atoms with E-state index in [2.05, 4.69) is 20.7 Å². The molecule has 0 unspecified atom stereocenters. The van der Waals surface area contributed by atoms with E-state index >= 15 is 0 Å². The summed E-state index contributed by atoms with van der Waals surface area (Å²) in [5.41, 5.74) is 5.88. The van der Waals surface area contributed by atoms with Crippen molar-refractivity contribution in [1.82, 2.24) is 21.3 Å². The summed E-state index contributed by atoms with van der Waals surface area (Å²) in [6.07, 6.45) is 0.102. The molecule has 0 aliphatic rings. The first kappa shape index (κ1) is 22.8. The van der Waals surface area contributed by atoms with Gasteiger partial charge in [0.25, 0.3) is 0 Å². The molecule has 0 aromatic heterocycles. The fraction of sp³-hybridized carbons (Fsp3) is 0.389. The number of hydrogen-bond donors (Lipinski definition) is 6. The molecule has 30 heavy (non-hydrogen) atoms. The molecule has 0 saturated carbocycles. The van der Waals surface area contributed by atoms with Gasteiger partial charge in [0, 0.05) is 6.42 Å². The van der Waals surface area contributed by atoms with Gasteiger partial charge in [0.05, 0.1) is 19.6 Å². The minimum atomic E-state index is -1.19. The van der Waals surface area contributed by atoms with Gasteiger partial charge >= 0.3 is 5.97 Å². The van der Waals surface area contributed by atoms with Gasteiger partial charge in [0.1, 0.15) is 19.4 Å². The van der Waals surface area contributed by atoms with E-state index in [0.717, 1.165) is 5.56 Å². The van der Waals surface area contributed by atoms with Crippen molar-refractivity contribution in [2.45, 2.75) is 12.5 Å². The smallest absolute Gasteiger partial charge is 0.329 e. The van der Waals surface area contributed by atoms with E-state index in [1.54, 1.807) is 30.3 Å². The van der Waals surface area contributed by atoms with Crippen LogP contribution in [0.2, 0.25) is 1.41 Å². The average molecular weight is 424 g/mol. The predicted molar refractivity (Wildman–Crippen MR) is 104 cm³/mol. The van der Waals surface area contributed by atoms with E-state index in [9.17, 15) is 24.0 Å². The van der Waals surface area contributed by atoms with Gasteiger partial charge in [0.15, 0.2) is 1.41 Å². The van der Waals surface area contributed by atoms with E-state index < -0.39 is 61.9 Å². The van der Waals surface area contributed by atoms with Gasteiger partial charge < -0.3 is 36.8 Å². The Morgan fingerprint density at radius 3 is 2.37 bits per heavy atom. The first-order chi connectivity index (χ1) is 14.7. The Morgan fingerprint density at radius 2 is 1.73 bits per heavy atom. The van der Waals surface area contributed by atoms with Gasteiger partial charge in [-0.25, -0.2) is 4.79 Å². The highest BCUT2D eigenvalue weighted by Crippen LogP contribution is 2.03. The highest BCUT2D eigenvalue weighted by Gasteiger charge is 2.22. The molecule has 0 spiro atoms. The quantitative estimate of drug-likeness (QED) is 0.143. The van der Waals surface area contributed by atoms with Crippen LogP contribution in [-0.4, -0.2) is 73.7 Å². The fourth-order valence-electron chi connectivity index (χ4n) is 2.15. The van der Waals surface area contributed by atoms with Crippen LogP contribution in [0.5, 0.6) is 0 Å². The standard InChI is InChI=1S/C18H25N5O7/c19-7-14(24)20-9-16(26)23-13(6-12-4-2-1-3-5-12)18(29)21-8-15(25)22-11-30-10-17(27)28/h1-5,13H,6-11,19H2,(H,20,24)(H,21,29)(H,22,25)(H,23,26)(H,27,28)/t13-/m0/s1/i/hD. The Hall–Kier alpha value is -3.51. The normalized spacial score (nSPS) is 11.6. The summed E-state index contributed by atoms with van der Waals surface area (Å²) >= 11 is 0. The van der Waals surface area contributed by atoms with Crippen LogP contribution in [0.1, 0.15) is 5.56 Å². The van der Waals surface area contributed by atoms with E-state index in [1.807, 2.05) is 0 Å². The van der Waals surface area contributed by atoms with Crippen LogP contribution in [0.3, 0.4) is 0 Å². The number of rotatable bonds is 13. The molecule has 1 aromatic rings. The molecule has 12 nitrogen and oxygen atoms in total. The van der Waals surface area contributed by atoms with Crippen LogP contribution < -0.4 is 27.0 Å². The number of hydrogen-bond acceptors (Lipinski definition) is 7. The lowest BCUT2D eigenvalue weighted by Crippen LogP contribution is -2.52. The summed E-state index contributed by atoms with van der Waals surface area (Å²) in [6, 6.07) is 7.70. The monoisotopic (exact) mass is 424 g/mol. The molecule has 0 aliphatic carbocycles. The maximum absolute atomic E-state index is 12.5. The second-order valence-corrected chi connectivity index (χ2v) is 5.93. The van der Waals surface area contributed by atoms with Crippen molar-refractivity contribution in [2.75, 3.05) is 33.0 Å². The molecular formula is C18H25N5O7. The Kier molecular flexibility index (Phi) is 10.3. The first-order valence-electron chi connectivity index (χ1n) is 9.34. The van der Waals surface area contributed by atoms with E-state index in [-0.39, 0.29) is 13.2 Å². The molecule has 7 N–H and O–H groups in total. The molecule has 0 fully saturated rings. The van der Waals surface area contributed by atoms with E-state index in [1.165, 1.54) is 0 Å². The summed E-state index contributed by atoms with van der Waals surface area (Å²) in [5, 5.41) is 15.9. The minimum Gasteiger partial charge on any atom is -0.480 e. The molecule has 12 heteroatoms. The second kappa shape index (κ2) is 13.6. The average Bonchev–Trinajstić information content (AvgIpc) is 2.74. The molecule has 1 aromatic carbocycles. The summed E-state index contributed by atoms with van der Waals surface area (Å²) in [5.74, 6) is -4.00. The van der Waals surface area contributed by atoms with Crippen molar-refractivity contribution in [3.63, 3.8) is 0 Å². The first-order valence-corrected chi connectivity index (χ1v) is 8.89. The SMILES string of the molecule is [2H]N(CC(=O)N[C@@H](Cc1ccccc1)C(=O)NCC(=O)NCOCC(=O)O)C(=O)CN. The van der Waals surface area contributed by atoms with Crippen LogP contribution in [0.25, 0.3) is 0 Å². The summed E-state index contributed by atoms with van der Waals surface area (Å²) in [6.45, 7) is -2.42. The van der Waals surface area contributed by atoms with Gasteiger partial charge in [-0.15, -0.1) is 0 Å². The second-order valence-electron chi connectivity index (χ2n) is 5.93. The third kappa shape index (κ3) is 10.7. The molecule has 164 valence electrons. The number of carboxylic acid groups (broad SMARTS) is 1. The van der Waals surface area contributed by atoms with Crippen molar-refractivity contribution in [2.24, 2.45) is 5.73 Å². The van der Waals surface area contributed by atoms with Crippen molar-refractivity contribution in [1.29, 1.82) is 0 Å². The van der Waals surface area contributed by atoms with Crippen molar-refractivity contribution in [3.8, 4) is 0 Å². The number of nitrogens with one attached hydrogen (secondary N) is 4. The zero-order valence-corrected chi connectivity index (χ0v) is 16.1. The highest BCUT2D eigenvalue weighted by molar-refractivity contribution is 5.92. The van der Waals surface area contributed by atoms with Gasteiger partial charge in [-0.1, -0.05) is 30.3 Å². The summed E-state index contributed by atoms with van der Waals surface area (Å²) in [7, 11) is 0. The lowest BCUT2D eigenvalue weighted by atomic mass is 10.1. The van der Waals surface area contributed by atoms with E-state index in [0.29, 0.717) is 5.31 Å². The molecule has 4 amide bonds. The van der Waals surface area contributed by atoms with Gasteiger partial charge in [-0.3, -0.25) is 19.2 Å². The molecule has 0 bridgehead atoms. The maximum atomic E-state index is 12.5. The van der Waals surface area contributed by atoms with Crippen LogP contribution >= 0.6 is 0 Å². The lowest BCUT2D eigenvalue weighted by molar-refractivity contribution is -0.143. The fourth-order valence-corrected chi connectivity index (χ4v) is 2.15. The summed E-state index contributed by atoms with van der Waals surface area (Å²) in [4.78, 5) is 58.1. The van der Waals surface area contributed by atoms with E-state index in [4.69, 9.17) is 12.3 Å². The van der Waals surface area contributed by atoms with Crippen molar-refractivity contribution >= 4 is 29.6 Å². The Morgan fingerprint density at radius 1 is 1.03 bits per heavy atom. The van der Waals surface area contributed by atoms with Gasteiger partial charge in [-0.05, 0) is 5.56 Å². The largest absolute Gasteiger partial charge is 0.480 e. The third-order valence-corrected chi connectivity index (χ3v) is 3.53. The van der Waals surface area contributed by atoms with Gasteiger partial charge in [-0.2, -0.15) is 0 Å². The Labute approximate surface area is 174 Å². The molecule has 0 heterocycles.